The molecular formula is C24H15BrN2O4. The molecule has 0 unspecified atom stereocenters. The minimum atomic E-state index is -0.804. The highest BCUT2D eigenvalue weighted by molar-refractivity contribution is 9.09. The normalized spacial score (nSPS) is 27.6. The maximum absolute atomic E-state index is 13.7. The molecule has 0 N–H and O–H groups in total. The number of carbonyl (C=O) groups is 2. The van der Waals surface area contributed by atoms with E-state index in [4.69, 9.17) is 0 Å². The molecule has 2 bridgehead atoms. The van der Waals surface area contributed by atoms with Gasteiger partial charge in [0.2, 0.25) is 11.8 Å². The molecule has 1 fully saturated rings. The standard InChI is InChI=1S/C24H15BrN2O4/c25-24-17-7-3-1-5-15(17)19(16-6-2-4-8-18(16)24)20-21(24)23(29)26(22(20)28)13-9-11-14(12-10-13)27(30)31/h1-12,19-21H/t19?,20-,21+,24?/m1/s1. The smallest absolute Gasteiger partial charge is 0.269 e. The number of nitrogens with zero attached hydrogens (tertiary/aromatic N) is 2. The lowest BCUT2D eigenvalue weighted by Crippen LogP contribution is -2.50. The number of alkyl halides is 1. The summed E-state index contributed by atoms with van der Waals surface area (Å²) in [6, 6.07) is 21.5. The number of benzene rings is 3. The number of nitro benzene ring substituents is 1. The van der Waals surface area contributed by atoms with Gasteiger partial charge in [-0.15, -0.1) is 0 Å². The fourth-order valence-electron chi connectivity index (χ4n) is 5.66. The number of amides is 2. The molecule has 0 spiro atoms. The third kappa shape index (κ3) is 2.16. The van der Waals surface area contributed by atoms with E-state index in [0.717, 1.165) is 22.3 Å². The first kappa shape index (κ1) is 18.4. The molecule has 2 amide bonds. The lowest BCUT2D eigenvalue weighted by Gasteiger charge is -2.51. The van der Waals surface area contributed by atoms with Gasteiger partial charge < -0.3 is 0 Å². The average Bonchev–Trinajstić information content (AvgIpc) is 3.06. The minimum Gasteiger partial charge on any atom is -0.274 e. The molecule has 0 radical (unpaired) electrons. The van der Waals surface area contributed by atoms with Crippen LogP contribution in [0.15, 0.2) is 72.8 Å². The van der Waals surface area contributed by atoms with Gasteiger partial charge >= 0.3 is 0 Å². The second kappa shape index (κ2) is 6.11. The maximum atomic E-state index is 13.7. The van der Waals surface area contributed by atoms with E-state index < -0.39 is 21.1 Å². The topological polar surface area (TPSA) is 80.5 Å². The average molecular weight is 475 g/mol. The SMILES string of the molecule is O=C1[C@@H]2C3c4ccccc4C(Br)(c4ccccc43)[C@@H]2C(=O)N1c1ccc([N+](=O)[O-])cc1. The first-order chi connectivity index (χ1) is 14.9. The summed E-state index contributed by atoms with van der Waals surface area (Å²) in [6.07, 6.45) is 0. The van der Waals surface area contributed by atoms with E-state index in [0.29, 0.717) is 5.69 Å². The first-order valence-corrected chi connectivity index (χ1v) is 10.7. The summed E-state index contributed by atoms with van der Waals surface area (Å²) >= 11 is 3.95. The molecule has 7 heteroatoms. The van der Waals surface area contributed by atoms with E-state index >= 15 is 0 Å². The van der Waals surface area contributed by atoms with E-state index in [2.05, 4.69) is 15.9 Å². The van der Waals surface area contributed by atoms with Crippen molar-refractivity contribution >= 4 is 39.1 Å². The molecule has 3 aromatic carbocycles. The predicted octanol–water partition coefficient (Wildman–Crippen LogP) is 4.50. The molecule has 3 aromatic rings. The fraction of sp³-hybridized carbons (Fsp3) is 0.167. The molecule has 0 aromatic heterocycles. The number of hydrogen-bond acceptors (Lipinski definition) is 4. The summed E-state index contributed by atoms with van der Waals surface area (Å²) in [7, 11) is 0. The third-order valence-electron chi connectivity index (χ3n) is 6.83. The molecule has 4 aliphatic rings. The Morgan fingerprint density at radius 3 is 1.94 bits per heavy atom. The Kier molecular flexibility index (Phi) is 3.63. The molecule has 7 rings (SSSR count). The van der Waals surface area contributed by atoms with E-state index in [1.165, 1.54) is 29.2 Å². The van der Waals surface area contributed by atoms with E-state index in [1.54, 1.807) is 0 Å². The summed E-state index contributed by atoms with van der Waals surface area (Å²) < 4.78 is -0.804. The van der Waals surface area contributed by atoms with Crippen molar-refractivity contribution in [2.75, 3.05) is 4.90 Å². The first-order valence-electron chi connectivity index (χ1n) is 9.94. The Morgan fingerprint density at radius 1 is 0.839 bits per heavy atom. The van der Waals surface area contributed by atoms with Crippen LogP contribution in [0, 0.1) is 22.0 Å². The molecule has 2 atom stereocenters. The molecular weight excluding hydrogens is 460 g/mol. The number of imide groups is 1. The lowest BCUT2D eigenvalue weighted by molar-refractivity contribution is -0.384. The van der Waals surface area contributed by atoms with Gasteiger partial charge in [-0.2, -0.15) is 0 Å². The highest BCUT2D eigenvalue weighted by Crippen LogP contribution is 2.66. The van der Waals surface area contributed by atoms with Gasteiger partial charge in [-0.25, -0.2) is 4.90 Å². The number of hydrogen-bond donors (Lipinski definition) is 0. The number of rotatable bonds is 2. The summed E-state index contributed by atoms with van der Waals surface area (Å²) in [5.74, 6) is -1.88. The van der Waals surface area contributed by atoms with Crippen molar-refractivity contribution in [1.29, 1.82) is 0 Å². The van der Waals surface area contributed by atoms with Crippen LogP contribution in [0.1, 0.15) is 28.2 Å². The summed E-state index contributed by atoms with van der Waals surface area (Å²) in [6.45, 7) is 0. The summed E-state index contributed by atoms with van der Waals surface area (Å²) in [5, 5.41) is 11.0. The zero-order valence-electron chi connectivity index (χ0n) is 16.1. The van der Waals surface area contributed by atoms with Gasteiger partial charge in [0.1, 0.15) is 0 Å². The number of nitro groups is 1. The van der Waals surface area contributed by atoms with Crippen molar-refractivity contribution in [3.63, 3.8) is 0 Å². The molecule has 1 saturated heterocycles. The van der Waals surface area contributed by atoms with Crippen molar-refractivity contribution in [2.24, 2.45) is 11.8 Å². The summed E-state index contributed by atoms with van der Waals surface area (Å²) in [4.78, 5) is 39.1. The van der Waals surface area contributed by atoms with Gasteiger partial charge in [-0.1, -0.05) is 64.5 Å². The zero-order chi connectivity index (χ0) is 21.5. The molecule has 152 valence electrons. The van der Waals surface area contributed by atoms with Gasteiger partial charge in [0.15, 0.2) is 0 Å². The molecule has 0 saturated carbocycles. The fourth-order valence-corrected chi connectivity index (χ4v) is 6.86. The van der Waals surface area contributed by atoms with Crippen LogP contribution in [0.3, 0.4) is 0 Å². The predicted molar refractivity (Wildman–Crippen MR) is 117 cm³/mol. The molecule has 31 heavy (non-hydrogen) atoms. The second-order valence-electron chi connectivity index (χ2n) is 8.15. The quantitative estimate of drug-likeness (QED) is 0.237. The minimum absolute atomic E-state index is 0.0860. The number of carbonyl (C=O) groups excluding carboxylic acids is 2. The van der Waals surface area contributed by atoms with Gasteiger partial charge in [0.05, 0.1) is 26.8 Å². The van der Waals surface area contributed by atoms with Crippen LogP contribution < -0.4 is 4.90 Å². The van der Waals surface area contributed by atoms with Crippen molar-refractivity contribution in [1.82, 2.24) is 0 Å². The van der Waals surface area contributed by atoms with Crippen LogP contribution in [0.5, 0.6) is 0 Å². The Bertz CT molecular complexity index is 1260. The highest BCUT2D eigenvalue weighted by atomic mass is 79.9. The van der Waals surface area contributed by atoms with E-state index in [-0.39, 0.29) is 23.4 Å². The van der Waals surface area contributed by atoms with Crippen LogP contribution in [0.4, 0.5) is 11.4 Å². The maximum Gasteiger partial charge on any atom is 0.269 e. The van der Waals surface area contributed by atoms with Crippen LogP contribution in [0.2, 0.25) is 0 Å². The van der Waals surface area contributed by atoms with Crippen LogP contribution in [-0.2, 0) is 13.9 Å². The van der Waals surface area contributed by atoms with Crippen molar-refractivity contribution in [2.45, 2.75) is 10.2 Å². The Hall–Kier alpha value is -3.32. The van der Waals surface area contributed by atoms with Crippen molar-refractivity contribution in [3.05, 3.63) is 105 Å². The molecule has 6 nitrogen and oxygen atoms in total. The lowest BCUT2D eigenvalue weighted by atomic mass is 9.55. The van der Waals surface area contributed by atoms with E-state index in [1.807, 2.05) is 48.5 Å². The Morgan fingerprint density at radius 2 is 1.39 bits per heavy atom. The summed E-state index contributed by atoms with van der Waals surface area (Å²) in [5.41, 5.74) is 4.44. The van der Waals surface area contributed by atoms with Gasteiger partial charge in [0, 0.05) is 18.1 Å². The molecule has 1 heterocycles. The van der Waals surface area contributed by atoms with Gasteiger partial charge in [-0.3, -0.25) is 19.7 Å². The Balaban J connectivity index is 1.55. The number of anilines is 1. The number of non-ortho nitro benzene ring substituents is 1. The van der Waals surface area contributed by atoms with Crippen molar-refractivity contribution in [3.8, 4) is 0 Å². The number of halogens is 1. The Labute approximate surface area is 185 Å². The molecule has 1 aliphatic heterocycles. The highest BCUT2D eigenvalue weighted by Gasteiger charge is 2.67. The van der Waals surface area contributed by atoms with Crippen LogP contribution >= 0.6 is 15.9 Å². The van der Waals surface area contributed by atoms with Gasteiger partial charge in [-0.05, 0) is 34.4 Å². The van der Waals surface area contributed by atoms with Crippen LogP contribution in [-0.4, -0.2) is 16.7 Å². The monoisotopic (exact) mass is 474 g/mol. The van der Waals surface area contributed by atoms with Gasteiger partial charge in [0.25, 0.3) is 5.69 Å². The molecule has 3 aliphatic carbocycles. The zero-order valence-corrected chi connectivity index (χ0v) is 17.7. The third-order valence-corrected chi connectivity index (χ3v) is 8.18. The van der Waals surface area contributed by atoms with E-state index in [9.17, 15) is 19.7 Å². The van der Waals surface area contributed by atoms with Crippen molar-refractivity contribution < 1.29 is 14.5 Å². The van der Waals surface area contributed by atoms with Crippen LogP contribution in [0.25, 0.3) is 0 Å². The largest absolute Gasteiger partial charge is 0.274 e. The second-order valence-corrected chi connectivity index (χ2v) is 9.40.